The highest BCUT2D eigenvalue weighted by Gasteiger charge is 2.18. The van der Waals surface area contributed by atoms with Gasteiger partial charge in [0.25, 0.3) is 0 Å². The summed E-state index contributed by atoms with van der Waals surface area (Å²) >= 11 is 0. The van der Waals surface area contributed by atoms with Crippen LogP contribution in [0.25, 0.3) is 10.9 Å². The van der Waals surface area contributed by atoms with Crippen LogP contribution < -0.4 is 4.84 Å². The average Bonchev–Trinajstić information content (AvgIpc) is 2.89. The highest BCUT2D eigenvalue weighted by atomic mass is 16.7. The van der Waals surface area contributed by atoms with Crippen LogP contribution >= 0.6 is 0 Å². The monoisotopic (exact) mass is 205 g/mol. The quantitative estimate of drug-likeness (QED) is 0.722. The van der Waals surface area contributed by atoms with Crippen LogP contribution in [-0.2, 0) is 4.74 Å². The van der Waals surface area contributed by atoms with Crippen molar-refractivity contribution in [3.05, 3.63) is 24.7 Å². The molecule has 0 aliphatic carbocycles. The van der Waals surface area contributed by atoms with Crippen molar-refractivity contribution in [2.45, 2.75) is 12.5 Å². The SMILES string of the molecule is c1cc2c(cn1)cnn2OC1CCOC1. The molecule has 0 amide bonds. The molecule has 2 aromatic heterocycles. The number of nitrogens with zero attached hydrogens (tertiary/aromatic N) is 3. The van der Waals surface area contributed by atoms with Crippen molar-refractivity contribution in [1.29, 1.82) is 0 Å². The topological polar surface area (TPSA) is 49.2 Å². The molecule has 1 atom stereocenters. The van der Waals surface area contributed by atoms with Gasteiger partial charge in [0.1, 0.15) is 5.52 Å². The predicted octanol–water partition coefficient (Wildman–Crippen LogP) is 0.649. The lowest BCUT2D eigenvalue weighted by Gasteiger charge is -2.10. The van der Waals surface area contributed by atoms with E-state index >= 15 is 0 Å². The second kappa shape index (κ2) is 3.51. The van der Waals surface area contributed by atoms with Crippen LogP contribution in [0.3, 0.4) is 0 Å². The summed E-state index contributed by atoms with van der Waals surface area (Å²) in [5.41, 5.74) is 0.942. The minimum atomic E-state index is 0.112. The summed E-state index contributed by atoms with van der Waals surface area (Å²) in [6.45, 7) is 1.41. The van der Waals surface area contributed by atoms with E-state index in [1.165, 1.54) is 0 Å². The molecule has 0 bridgehead atoms. The molecular formula is C10H11N3O2. The van der Waals surface area contributed by atoms with Crippen molar-refractivity contribution in [2.24, 2.45) is 0 Å². The number of pyridine rings is 1. The van der Waals surface area contributed by atoms with Gasteiger partial charge in [0, 0.05) is 24.2 Å². The van der Waals surface area contributed by atoms with E-state index in [4.69, 9.17) is 9.57 Å². The molecule has 0 saturated carbocycles. The number of hydrogen-bond acceptors (Lipinski definition) is 4. The highest BCUT2D eigenvalue weighted by Crippen LogP contribution is 2.12. The largest absolute Gasteiger partial charge is 0.390 e. The standard InChI is InChI=1S/C10H11N3O2/c1-3-11-5-8-6-12-13(10(1)8)15-9-2-4-14-7-9/h1,3,5-6,9H,2,4,7H2. The molecule has 0 aromatic carbocycles. The van der Waals surface area contributed by atoms with Crippen molar-refractivity contribution in [3.8, 4) is 0 Å². The third kappa shape index (κ3) is 1.55. The van der Waals surface area contributed by atoms with E-state index in [1.807, 2.05) is 6.07 Å². The Bertz CT molecular complexity index is 462. The first-order chi connectivity index (χ1) is 7.43. The van der Waals surface area contributed by atoms with Gasteiger partial charge in [0.2, 0.25) is 0 Å². The van der Waals surface area contributed by atoms with Gasteiger partial charge in [-0.1, -0.05) is 4.85 Å². The zero-order valence-electron chi connectivity index (χ0n) is 8.17. The first kappa shape index (κ1) is 8.67. The lowest BCUT2D eigenvalue weighted by Crippen LogP contribution is -2.25. The minimum absolute atomic E-state index is 0.112. The van der Waals surface area contributed by atoms with Crippen LogP contribution in [0.2, 0.25) is 0 Å². The number of hydrogen-bond donors (Lipinski definition) is 0. The third-order valence-electron chi connectivity index (χ3n) is 2.47. The maximum atomic E-state index is 5.68. The van der Waals surface area contributed by atoms with Gasteiger partial charge in [-0.05, 0) is 6.07 Å². The summed E-state index contributed by atoms with van der Waals surface area (Å²) in [6.07, 6.45) is 6.29. The maximum absolute atomic E-state index is 5.68. The number of ether oxygens (including phenoxy) is 1. The molecule has 2 aromatic rings. The molecule has 5 nitrogen and oxygen atoms in total. The van der Waals surface area contributed by atoms with Gasteiger partial charge in [-0.25, -0.2) is 0 Å². The second-order valence-electron chi connectivity index (χ2n) is 3.54. The fourth-order valence-electron chi connectivity index (χ4n) is 1.67. The molecule has 5 heteroatoms. The normalized spacial score (nSPS) is 20.9. The fourth-order valence-corrected chi connectivity index (χ4v) is 1.67. The van der Waals surface area contributed by atoms with Crippen LogP contribution in [0.4, 0.5) is 0 Å². The van der Waals surface area contributed by atoms with E-state index in [1.54, 1.807) is 23.4 Å². The number of rotatable bonds is 2. The summed E-state index contributed by atoms with van der Waals surface area (Å²) in [4.78, 5) is 11.3. The van der Waals surface area contributed by atoms with Crippen LogP contribution in [0.1, 0.15) is 6.42 Å². The molecule has 1 fully saturated rings. The Morgan fingerprint density at radius 1 is 1.47 bits per heavy atom. The predicted molar refractivity (Wildman–Crippen MR) is 53.3 cm³/mol. The van der Waals surface area contributed by atoms with Gasteiger partial charge in [-0.3, -0.25) is 4.98 Å². The fraction of sp³-hybridized carbons (Fsp3) is 0.400. The number of fused-ring (bicyclic) bond motifs is 1. The summed E-state index contributed by atoms with van der Waals surface area (Å²) < 4.78 is 5.24. The smallest absolute Gasteiger partial charge is 0.152 e. The van der Waals surface area contributed by atoms with Crippen molar-refractivity contribution in [3.63, 3.8) is 0 Å². The highest BCUT2D eigenvalue weighted by molar-refractivity contribution is 5.76. The van der Waals surface area contributed by atoms with E-state index in [2.05, 4.69) is 10.1 Å². The van der Waals surface area contributed by atoms with E-state index in [0.717, 1.165) is 23.9 Å². The summed E-state index contributed by atoms with van der Waals surface area (Å²) in [5.74, 6) is 0. The van der Waals surface area contributed by atoms with E-state index in [-0.39, 0.29) is 6.10 Å². The molecule has 0 spiro atoms. The van der Waals surface area contributed by atoms with E-state index in [9.17, 15) is 0 Å². The number of aromatic nitrogens is 3. The van der Waals surface area contributed by atoms with E-state index in [0.29, 0.717) is 6.61 Å². The molecule has 1 saturated heterocycles. The van der Waals surface area contributed by atoms with Crippen molar-refractivity contribution in [2.75, 3.05) is 13.2 Å². The van der Waals surface area contributed by atoms with Crippen molar-refractivity contribution < 1.29 is 9.57 Å². The molecule has 1 aliphatic rings. The van der Waals surface area contributed by atoms with E-state index < -0.39 is 0 Å². The molecule has 0 radical (unpaired) electrons. The molecule has 1 unspecified atom stereocenters. The Kier molecular flexibility index (Phi) is 2.03. The Morgan fingerprint density at radius 3 is 3.33 bits per heavy atom. The second-order valence-corrected chi connectivity index (χ2v) is 3.54. The van der Waals surface area contributed by atoms with Crippen LogP contribution in [0.5, 0.6) is 0 Å². The van der Waals surface area contributed by atoms with Gasteiger partial charge >= 0.3 is 0 Å². The first-order valence-electron chi connectivity index (χ1n) is 4.96. The Morgan fingerprint density at radius 2 is 2.47 bits per heavy atom. The Balaban J connectivity index is 1.90. The lowest BCUT2D eigenvalue weighted by molar-refractivity contribution is 0.0165. The van der Waals surface area contributed by atoms with Gasteiger partial charge in [-0.15, -0.1) is 5.10 Å². The zero-order valence-corrected chi connectivity index (χ0v) is 8.17. The molecule has 78 valence electrons. The first-order valence-corrected chi connectivity index (χ1v) is 4.96. The lowest BCUT2D eigenvalue weighted by atomic mass is 10.3. The van der Waals surface area contributed by atoms with Crippen molar-refractivity contribution >= 4 is 10.9 Å². The molecule has 1 aliphatic heterocycles. The van der Waals surface area contributed by atoms with Gasteiger partial charge in [-0.2, -0.15) is 0 Å². The van der Waals surface area contributed by atoms with Gasteiger partial charge < -0.3 is 9.57 Å². The molecule has 0 N–H and O–H groups in total. The summed E-state index contributed by atoms with van der Waals surface area (Å²) in [5, 5.41) is 5.14. The average molecular weight is 205 g/mol. The third-order valence-corrected chi connectivity index (χ3v) is 2.47. The maximum Gasteiger partial charge on any atom is 0.152 e. The molecule has 3 heterocycles. The Labute approximate surface area is 86.6 Å². The van der Waals surface area contributed by atoms with Gasteiger partial charge in [0.15, 0.2) is 6.10 Å². The zero-order chi connectivity index (χ0) is 10.1. The Hall–Kier alpha value is -1.62. The minimum Gasteiger partial charge on any atom is -0.390 e. The van der Waals surface area contributed by atoms with Crippen LogP contribution in [0, 0.1) is 0 Å². The van der Waals surface area contributed by atoms with Crippen LogP contribution in [-0.4, -0.2) is 34.2 Å². The van der Waals surface area contributed by atoms with Gasteiger partial charge in [0.05, 0.1) is 19.4 Å². The summed E-state index contributed by atoms with van der Waals surface area (Å²) in [6, 6.07) is 1.89. The molecule has 3 rings (SSSR count). The molecule has 15 heavy (non-hydrogen) atoms. The summed E-state index contributed by atoms with van der Waals surface area (Å²) in [7, 11) is 0. The van der Waals surface area contributed by atoms with Crippen molar-refractivity contribution in [1.82, 2.24) is 14.9 Å². The van der Waals surface area contributed by atoms with Crippen LogP contribution in [0.15, 0.2) is 24.7 Å². The molecular weight excluding hydrogens is 194 g/mol.